The van der Waals surface area contributed by atoms with Crippen LogP contribution in [0, 0.1) is 17.1 Å². The summed E-state index contributed by atoms with van der Waals surface area (Å²) in [5.74, 6) is -4.64. The average Bonchev–Trinajstić information content (AvgIpc) is 2.90. The summed E-state index contributed by atoms with van der Waals surface area (Å²) in [4.78, 5) is -0.404. The molecule has 0 saturated heterocycles. The van der Waals surface area contributed by atoms with Crippen LogP contribution >= 0.6 is 0 Å². The molecule has 0 heterocycles. The van der Waals surface area contributed by atoms with Gasteiger partial charge >= 0.3 is 0 Å². The molecule has 1 aliphatic carbocycles. The van der Waals surface area contributed by atoms with Gasteiger partial charge in [-0.1, -0.05) is 4.40 Å². The van der Waals surface area contributed by atoms with E-state index in [1.165, 1.54) is 12.1 Å². The molecule has 1 aliphatic rings. The maximum Gasteiger partial charge on any atom is 0.298 e. The van der Waals surface area contributed by atoms with E-state index < -0.39 is 54.7 Å². The third kappa shape index (κ3) is 4.77. The molecule has 0 amide bonds. The second-order valence-corrected chi connectivity index (χ2v) is 12.1. The van der Waals surface area contributed by atoms with Crippen LogP contribution in [-0.2, 0) is 27.6 Å². The molecule has 0 fully saturated rings. The van der Waals surface area contributed by atoms with Gasteiger partial charge in [0.1, 0.15) is 33.4 Å². The van der Waals surface area contributed by atoms with Gasteiger partial charge in [0.05, 0.1) is 16.5 Å². The van der Waals surface area contributed by atoms with Crippen LogP contribution in [0.4, 0.5) is 13.2 Å². The number of alkyl halides is 2. The van der Waals surface area contributed by atoms with E-state index in [4.69, 9.17) is 10.00 Å². The normalized spacial score (nSPS) is 17.7. The van der Waals surface area contributed by atoms with E-state index in [0.29, 0.717) is 0 Å². The molecule has 0 N–H and O–H groups in total. The van der Waals surface area contributed by atoms with Crippen molar-refractivity contribution in [3.8, 4) is 17.6 Å². The quantitative estimate of drug-likeness (QED) is 0.601. The standard InChI is InChI=1S/C21H19F3N2O4S2/c1-20(2,3)31(27)26-19-18-15(10-21(19,23)24)16(5-6-17(18)32(4,28)29)30-14-8-12(11-25)7-13(22)9-14/h5-9H,10H2,1-4H3. The van der Waals surface area contributed by atoms with Gasteiger partial charge in [-0.3, -0.25) is 0 Å². The van der Waals surface area contributed by atoms with Gasteiger partial charge in [0, 0.05) is 29.9 Å². The van der Waals surface area contributed by atoms with Crippen molar-refractivity contribution >= 4 is 26.9 Å². The third-order valence-electron chi connectivity index (χ3n) is 4.54. The lowest BCUT2D eigenvalue weighted by Crippen LogP contribution is -2.32. The van der Waals surface area contributed by atoms with Gasteiger partial charge in [0.15, 0.2) is 15.5 Å². The summed E-state index contributed by atoms with van der Waals surface area (Å²) >= 11 is -2.08. The lowest BCUT2D eigenvalue weighted by molar-refractivity contribution is 0.0847. The number of halogens is 3. The molecule has 11 heteroatoms. The summed E-state index contributed by atoms with van der Waals surface area (Å²) in [6.45, 7) is 4.65. The van der Waals surface area contributed by atoms with Crippen LogP contribution < -0.4 is 4.74 Å². The summed E-state index contributed by atoms with van der Waals surface area (Å²) in [5, 5.41) is 9.00. The van der Waals surface area contributed by atoms with Crippen molar-refractivity contribution in [1.29, 1.82) is 5.26 Å². The highest BCUT2D eigenvalue weighted by Crippen LogP contribution is 2.44. The monoisotopic (exact) mass is 484 g/mol. The molecule has 1 unspecified atom stereocenters. The highest BCUT2D eigenvalue weighted by atomic mass is 32.2. The molecule has 0 spiro atoms. The van der Waals surface area contributed by atoms with Gasteiger partial charge in [0.2, 0.25) is 0 Å². The summed E-state index contributed by atoms with van der Waals surface area (Å²) < 4.78 is 89.3. The van der Waals surface area contributed by atoms with Crippen LogP contribution in [0.3, 0.4) is 0 Å². The van der Waals surface area contributed by atoms with Crippen molar-refractivity contribution in [3.63, 3.8) is 0 Å². The Balaban J connectivity index is 2.24. The van der Waals surface area contributed by atoms with Crippen LogP contribution in [0.15, 0.2) is 39.6 Å². The second-order valence-electron chi connectivity index (χ2n) is 8.26. The molecule has 0 aromatic heterocycles. The molecule has 6 nitrogen and oxygen atoms in total. The number of benzene rings is 2. The van der Waals surface area contributed by atoms with E-state index in [1.54, 1.807) is 26.8 Å². The van der Waals surface area contributed by atoms with E-state index in [1.807, 2.05) is 0 Å². The predicted molar refractivity (Wildman–Crippen MR) is 114 cm³/mol. The number of hydrogen-bond acceptors (Lipinski definition) is 6. The summed E-state index contributed by atoms with van der Waals surface area (Å²) in [5.41, 5.74) is -1.48. The second kappa shape index (κ2) is 8.10. The number of rotatable bonds is 4. The van der Waals surface area contributed by atoms with Crippen molar-refractivity contribution in [3.05, 3.63) is 52.8 Å². The fraction of sp³-hybridized carbons (Fsp3) is 0.333. The van der Waals surface area contributed by atoms with Crippen molar-refractivity contribution in [2.45, 2.75) is 42.8 Å². The zero-order chi connectivity index (χ0) is 24.1. The minimum absolute atomic E-state index is 0.0439. The minimum atomic E-state index is -3.96. The molecule has 0 aliphatic heterocycles. The summed E-state index contributed by atoms with van der Waals surface area (Å²) in [7, 11) is -3.96. The van der Waals surface area contributed by atoms with E-state index in [-0.39, 0.29) is 28.2 Å². The molecule has 3 rings (SSSR count). The Bertz CT molecular complexity index is 1260. The molecular formula is C21H19F3N2O4S2. The number of sulfone groups is 1. The number of fused-ring (bicyclic) bond motifs is 1. The Hall–Kier alpha value is -2.55. The maximum absolute atomic E-state index is 15.0. The van der Waals surface area contributed by atoms with Crippen molar-refractivity contribution in [1.82, 2.24) is 0 Å². The first-order valence-electron chi connectivity index (χ1n) is 9.27. The van der Waals surface area contributed by atoms with E-state index in [2.05, 4.69) is 4.40 Å². The van der Waals surface area contributed by atoms with Gasteiger partial charge in [-0.15, -0.1) is 0 Å². The number of nitriles is 1. The smallest absolute Gasteiger partial charge is 0.298 e. The molecule has 0 bridgehead atoms. The van der Waals surface area contributed by atoms with Gasteiger partial charge in [-0.2, -0.15) is 14.0 Å². The molecule has 0 saturated carbocycles. The first-order valence-corrected chi connectivity index (χ1v) is 12.3. The zero-order valence-corrected chi connectivity index (χ0v) is 19.2. The molecule has 2 aromatic rings. The Morgan fingerprint density at radius 2 is 1.91 bits per heavy atom. The van der Waals surface area contributed by atoms with Crippen LogP contribution in [0.2, 0.25) is 0 Å². The Kier molecular flexibility index (Phi) is 6.10. The molecule has 2 aromatic carbocycles. The number of ether oxygens (including phenoxy) is 1. The lowest BCUT2D eigenvalue weighted by atomic mass is 10.1. The van der Waals surface area contributed by atoms with E-state index >= 15 is 8.78 Å². The predicted octanol–water partition coefficient (Wildman–Crippen LogP) is 4.34. The molecule has 1 atom stereocenters. The molecule has 170 valence electrons. The zero-order valence-electron chi connectivity index (χ0n) is 17.6. The first kappa shape index (κ1) is 24.1. The van der Waals surface area contributed by atoms with Gasteiger partial charge in [-0.25, -0.2) is 12.8 Å². The van der Waals surface area contributed by atoms with Crippen molar-refractivity contribution in [2.24, 2.45) is 4.40 Å². The highest BCUT2D eigenvalue weighted by Gasteiger charge is 2.50. The van der Waals surface area contributed by atoms with Crippen molar-refractivity contribution in [2.75, 3.05) is 6.26 Å². The van der Waals surface area contributed by atoms with Crippen LogP contribution in [0.25, 0.3) is 0 Å². The molecule has 0 radical (unpaired) electrons. The first-order chi connectivity index (χ1) is 14.6. The highest BCUT2D eigenvalue weighted by molar-refractivity contribution is 7.91. The number of hydrogen-bond donors (Lipinski definition) is 0. The summed E-state index contributed by atoms with van der Waals surface area (Å²) in [6.07, 6.45) is -0.0780. The molecular weight excluding hydrogens is 465 g/mol. The van der Waals surface area contributed by atoms with Crippen LogP contribution in [0.1, 0.15) is 37.5 Å². The molecule has 32 heavy (non-hydrogen) atoms. The average molecular weight is 485 g/mol. The number of nitrogens with zero attached hydrogens (tertiary/aromatic N) is 2. The topological polar surface area (TPSA) is 103 Å². The lowest BCUT2D eigenvalue weighted by Gasteiger charge is -2.20. The van der Waals surface area contributed by atoms with Gasteiger partial charge in [0.25, 0.3) is 5.92 Å². The summed E-state index contributed by atoms with van der Waals surface area (Å²) in [6, 6.07) is 7.20. The Morgan fingerprint density at radius 1 is 1.25 bits per heavy atom. The van der Waals surface area contributed by atoms with Gasteiger partial charge in [-0.05, 0) is 45.0 Å². The SMILES string of the molecule is CC(C)(C)[S+]([O-])N=C1c2c(S(C)(=O)=O)ccc(Oc3cc(F)cc(C#N)c3)c2CC1(F)F. The van der Waals surface area contributed by atoms with Gasteiger partial charge < -0.3 is 9.29 Å². The third-order valence-corrected chi connectivity index (χ3v) is 7.07. The fourth-order valence-corrected chi connectivity index (χ4v) is 4.65. The Labute approximate surface area is 187 Å². The van der Waals surface area contributed by atoms with E-state index in [9.17, 15) is 17.4 Å². The maximum atomic E-state index is 15.0. The fourth-order valence-electron chi connectivity index (χ4n) is 3.08. The minimum Gasteiger partial charge on any atom is -0.591 e. The van der Waals surface area contributed by atoms with E-state index in [0.717, 1.165) is 24.5 Å². The Morgan fingerprint density at radius 3 is 2.47 bits per heavy atom. The largest absolute Gasteiger partial charge is 0.591 e. The van der Waals surface area contributed by atoms with Crippen LogP contribution in [0.5, 0.6) is 11.5 Å². The van der Waals surface area contributed by atoms with Crippen molar-refractivity contribution < 1.29 is 30.9 Å². The van der Waals surface area contributed by atoms with Crippen LogP contribution in [-0.4, -0.2) is 35.6 Å².